The summed E-state index contributed by atoms with van der Waals surface area (Å²) < 4.78 is 11.0. The van der Waals surface area contributed by atoms with Crippen molar-refractivity contribution in [2.24, 2.45) is 10.4 Å². The van der Waals surface area contributed by atoms with Gasteiger partial charge in [-0.05, 0) is 44.6 Å². The van der Waals surface area contributed by atoms with Crippen molar-refractivity contribution in [1.29, 1.82) is 0 Å². The minimum atomic E-state index is 0.0105. The largest absolute Gasteiger partial charge is 0.382 e. The van der Waals surface area contributed by atoms with Gasteiger partial charge in [0.25, 0.3) is 0 Å². The van der Waals surface area contributed by atoms with Crippen molar-refractivity contribution in [2.75, 3.05) is 79.8 Å². The van der Waals surface area contributed by atoms with Crippen molar-refractivity contribution in [2.45, 2.75) is 45.4 Å². The number of amides is 1. The monoisotopic (exact) mass is 425 g/mol. The lowest BCUT2D eigenvalue weighted by atomic mass is 9.83. The molecule has 0 atom stereocenters. The van der Waals surface area contributed by atoms with Crippen molar-refractivity contribution >= 4 is 11.9 Å². The van der Waals surface area contributed by atoms with E-state index in [1.54, 1.807) is 19.0 Å². The lowest BCUT2D eigenvalue weighted by Gasteiger charge is -2.30. The van der Waals surface area contributed by atoms with Crippen LogP contribution in [0.2, 0.25) is 0 Å². The summed E-state index contributed by atoms with van der Waals surface area (Å²) in [6.07, 6.45) is 7.15. The lowest BCUT2D eigenvalue weighted by molar-refractivity contribution is -0.127. The molecule has 1 aliphatic heterocycles. The van der Waals surface area contributed by atoms with Gasteiger partial charge in [0.2, 0.25) is 5.91 Å². The van der Waals surface area contributed by atoms with Gasteiger partial charge >= 0.3 is 0 Å². The SMILES string of the molecule is CCOCCC1(CNC(=NCC(=O)N(C)C)NCCCN2CCOCC2)CCCC1. The Morgan fingerprint density at radius 2 is 1.93 bits per heavy atom. The number of guanidine groups is 1. The molecule has 1 amide bonds. The first-order chi connectivity index (χ1) is 14.5. The maximum atomic E-state index is 12.0. The molecule has 1 aliphatic carbocycles. The van der Waals surface area contributed by atoms with Gasteiger partial charge in [0.05, 0.1) is 13.2 Å². The summed E-state index contributed by atoms with van der Waals surface area (Å²) in [6.45, 7) is 10.3. The second kappa shape index (κ2) is 13.8. The maximum Gasteiger partial charge on any atom is 0.243 e. The first-order valence-electron chi connectivity index (χ1n) is 11.6. The Balaban J connectivity index is 1.84. The molecule has 2 fully saturated rings. The Labute approximate surface area is 182 Å². The molecular formula is C22H43N5O3. The number of hydrogen-bond donors (Lipinski definition) is 2. The fourth-order valence-electron chi connectivity index (χ4n) is 4.14. The number of ether oxygens (including phenoxy) is 2. The number of aliphatic imine (C=N–C) groups is 1. The summed E-state index contributed by atoms with van der Waals surface area (Å²) in [6, 6.07) is 0. The van der Waals surface area contributed by atoms with E-state index in [9.17, 15) is 4.79 Å². The average Bonchev–Trinajstić information content (AvgIpc) is 3.22. The zero-order chi connectivity index (χ0) is 21.7. The maximum absolute atomic E-state index is 12.0. The summed E-state index contributed by atoms with van der Waals surface area (Å²) in [4.78, 5) is 20.6. The van der Waals surface area contributed by atoms with Gasteiger partial charge in [-0.3, -0.25) is 9.69 Å². The smallest absolute Gasteiger partial charge is 0.243 e. The predicted octanol–water partition coefficient (Wildman–Crippen LogP) is 1.32. The van der Waals surface area contributed by atoms with Crippen molar-refractivity contribution < 1.29 is 14.3 Å². The van der Waals surface area contributed by atoms with Gasteiger partial charge in [-0.15, -0.1) is 0 Å². The second-order valence-corrected chi connectivity index (χ2v) is 8.69. The summed E-state index contributed by atoms with van der Waals surface area (Å²) >= 11 is 0. The van der Waals surface area contributed by atoms with Crippen LogP contribution >= 0.6 is 0 Å². The highest BCUT2D eigenvalue weighted by atomic mass is 16.5. The van der Waals surface area contributed by atoms with E-state index in [0.29, 0.717) is 0 Å². The standard InChI is InChI=1S/C22H43N5O3/c1-4-29-15-10-22(8-5-6-9-22)19-25-21(24-18-20(28)26(2)3)23-11-7-12-27-13-16-30-17-14-27/h4-19H2,1-3H3,(H2,23,24,25). The molecule has 0 radical (unpaired) electrons. The molecule has 30 heavy (non-hydrogen) atoms. The normalized spacial score (nSPS) is 19.6. The van der Waals surface area contributed by atoms with Crippen molar-refractivity contribution in [3.63, 3.8) is 0 Å². The fourth-order valence-corrected chi connectivity index (χ4v) is 4.14. The van der Waals surface area contributed by atoms with Gasteiger partial charge in [-0.1, -0.05) is 12.8 Å². The molecule has 1 saturated carbocycles. The van der Waals surface area contributed by atoms with Crippen LogP contribution in [0.3, 0.4) is 0 Å². The van der Waals surface area contributed by atoms with Gasteiger partial charge in [-0.2, -0.15) is 0 Å². The van der Waals surface area contributed by atoms with Crippen LogP contribution in [0.15, 0.2) is 4.99 Å². The topological polar surface area (TPSA) is 78.4 Å². The summed E-state index contributed by atoms with van der Waals surface area (Å²) in [7, 11) is 3.53. The average molecular weight is 426 g/mol. The van der Waals surface area contributed by atoms with Crippen LogP contribution < -0.4 is 10.6 Å². The van der Waals surface area contributed by atoms with E-state index in [0.717, 1.165) is 78.0 Å². The summed E-state index contributed by atoms with van der Waals surface area (Å²) in [5.74, 6) is 0.756. The Kier molecular flexibility index (Phi) is 11.5. The van der Waals surface area contributed by atoms with Crippen molar-refractivity contribution in [1.82, 2.24) is 20.4 Å². The molecule has 0 spiro atoms. The number of morpholine rings is 1. The molecular weight excluding hydrogens is 382 g/mol. The molecule has 2 aliphatic rings. The zero-order valence-corrected chi connectivity index (χ0v) is 19.4. The first-order valence-corrected chi connectivity index (χ1v) is 11.6. The Bertz CT molecular complexity index is 515. The van der Waals surface area contributed by atoms with Gasteiger partial charge in [-0.25, -0.2) is 4.99 Å². The molecule has 0 bridgehead atoms. The lowest BCUT2D eigenvalue weighted by Crippen LogP contribution is -2.45. The minimum Gasteiger partial charge on any atom is -0.382 e. The molecule has 0 aromatic carbocycles. The Morgan fingerprint density at radius 3 is 2.60 bits per heavy atom. The molecule has 8 heteroatoms. The molecule has 174 valence electrons. The Morgan fingerprint density at radius 1 is 1.20 bits per heavy atom. The van der Waals surface area contributed by atoms with E-state index in [1.165, 1.54) is 25.7 Å². The van der Waals surface area contributed by atoms with Gasteiger partial charge in [0.15, 0.2) is 5.96 Å². The highest BCUT2D eigenvalue weighted by Gasteiger charge is 2.33. The van der Waals surface area contributed by atoms with Crippen LogP contribution in [0.5, 0.6) is 0 Å². The predicted molar refractivity (Wildman–Crippen MR) is 121 cm³/mol. The number of hydrogen-bond acceptors (Lipinski definition) is 5. The third-order valence-corrected chi connectivity index (χ3v) is 6.19. The molecule has 2 rings (SSSR count). The number of carbonyl (C=O) groups is 1. The fraction of sp³-hybridized carbons (Fsp3) is 0.909. The van der Waals surface area contributed by atoms with Crippen LogP contribution in [0.4, 0.5) is 0 Å². The number of nitrogens with one attached hydrogen (secondary N) is 2. The third-order valence-electron chi connectivity index (χ3n) is 6.19. The van der Waals surface area contributed by atoms with Crippen LogP contribution in [-0.2, 0) is 14.3 Å². The second-order valence-electron chi connectivity index (χ2n) is 8.69. The number of nitrogens with zero attached hydrogens (tertiary/aromatic N) is 3. The van der Waals surface area contributed by atoms with Crippen LogP contribution in [0.1, 0.15) is 45.4 Å². The highest BCUT2D eigenvalue weighted by molar-refractivity contribution is 5.84. The van der Waals surface area contributed by atoms with Crippen molar-refractivity contribution in [3.8, 4) is 0 Å². The van der Waals surface area contributed by atoms with Crippen LogP contribution in [-0.4, -0.2) is 101 Å². The van der Waals surface area contributed by atoms with Crippen molar-refractivity contribution in [3.05, 3.63) is 0 Å². The number of likely N-dealkylation sites (N-methyl/N-ethyl adjacent to an activating group) is 1. The van der Waals surface area contributed by atoms with E-state index in [2.05, 4.69) is 20.5 Å². The molecule has 0 aromatic rings. The molecule has 2 N–H and O–H groups in total. The summed E-state index contributed by atoms with van der Waals surface area (Å²) in [5, 5.41) is 6.98. The quantitative estimate of drug-likeness (QED) is 0.279. The highest BCUT2D eigenvalue weighted by Crippen LogP contribution is 2.40. The first kappa shape index (κ1) is 24.9. The van der Waals surface area contributed by atoms with E-state index < -0.39 is 0 Å². The van der Waals surface area contributed by atoms with Gasteiger partial charge < -0.3 is 25.0 Å². The molecule has 1 heterocycles. The zero-order valence-electron chi connectivity index (χ0n) is 19.4. The molecule has 8 nitrogen and oxygen atoms in total. The molecule has 0 aromatic heterocycles. The Hall–Kier alpha value is -1.38. The van der Waals surface area contributed by atoms with E-state index >= 15 is 0 Å². The van der Waals surface area contributed by atoms with E-state index in [-0.39, 0.29) is 17.9 Å². The van der Waals surface area contributed by atoms with Gasteiger partial charge in [0, 0.05) is 53.5 Å². The van der Waals surface area contributed by atoms with E-state index in [1.807, 2.05) is 6.92 Å². The number of carbonyl (C=O) groups excluding carboxylic acids is 1. The third kappa shape index (κ3) is 9.18. The number of rotatable bonds is 12. The minimum absolute atomic E-state index is 0.0105. The van der Waals surface area contributed by atoms with Crippen LogP contribution in [0.25, 0.3) is 0 Å². The summed E-state index contributed by atoms with van der Waals surface area (Å²) in [5.41, 5.74) is 0.275. The molecule has 0 unspecified atom stereocenters. The molecule has 1 saturated heterocycles. The van der Waals surface area contributed by atoms with Gasteiger partial charge in [0.1, 0.15) is 6.54 Å². The van der Waals surface area contributed by atoms with Crippen LogP contribution in [0, 0.1) is 5.41 Å². The van der Waals surface area contributed by atoms with E-state index in [4.69, 9.17) is 9.47 Å².